The maximum Gasteiger partial charge on any atom is 0.325 e. The van der Waals surface area contributed by atoms with Crippen LogP contribution in [0.25, 0.3) is 0 Å². The summed E-state index contributed by atoms with van der Waals surface area (Å²) in [6.45, 7) is 3.35. The first-order valence-corrected chi connectivity index (χ1v) is 5.61. The number of aliphatic carboxylic acids is 1. The zero-order valence-corrected chi connectivity index (χ0v) is 10.3. The molecule has 0 aromatic carbocycles. The Morgan fingerprint density at radius 1 is 1.32 bits per heavy atom. The largest absolute Gasteiger partial charge is 0.481 e. The fourth-order valence-electron chi connectivity index (χ4n) is 2.30. The second-order valence-corrected chi connectivity index (χ2v) is 5.09. The maximum atomic E-state index is 11.9. The van der Waals surface area contributed by atoms with Gasteiger partial charge in [-0.3, -0.25) is 19.4 Å². The number of carbonyl (C=O) groups excluding carboxylic acids is 1. The third-order valence-electron chi connectivity index (χ3n) is 3.45. The molecule has 0 aliphatic heterocycles. The maximum absolute atomic E-state index is 11.9. The molecule has 102 valence electrons. The topological polar surface area (TPSA) is 132 Å². The number of hydrogen-bond donors (Lipinski definition) is 4. The second-order valence-electron chi connectivity index (χ2n) is 5.09. The van der Waals surface area contributed by atoms with Crippen LogP contribution in [0.1, 0.15) is 13.8 Å². The Balaban J connectivity index is 2.17. The van der Waals surface area contributed by atoms with Gasteiger partial charge in [-0.05, 0) is 5.41 Å². The van der Waals surface area contributed by atoms with Gasteiger partial charge in [-0.25, -0.2) is 4.79 Å². The van der Waals surface area contributed by atoms with E-state index in [1.165, 1.54) is 0 Å². The number of amides is 1. The summed E-state index contributed by atoms with van der Waals surface area (Å²) in [6, 6.07) is 0. The van der Waals surface area contributed by atoms with E-state index < -0.39 is 40.4 Å². The summed E-state index contributed by atoms with van der Waals surface area (Å²) in [7, 11) is 0. The SMILES string of the molecule is CC1(C)C(C(=O)O)C1C(=O)Nc1c[nH]c(=O)[nH]c1=O. The molecule has 1 heterocycles. The Kier molecular flexibility index (Phi) is 2.80. The highest BCUT2D eigenvalue weighted by atomic mass is 16.4. The molecule has 1 aliphatic rings. The normalized spacial score (nSPS) is 23.7. The Bertz CT molecular complexity index is 657. The summed E-state index contributed by atoms with van der Waals surface area (Å²) in [5.74, 6) is -3.05. The van der Waals surface area contributed by atoms with Gasteiger partial charge >= 0.3 is 11.7 Å². The highest BCUT2D eigenvalue weighted by Gasteiger charge is 2.65. The molecule has 4 N–H and O–H groups in total. The molecule has 2 atom stereocenters. The molecular formula is C11H13N3O5. The number of aromatic nitrogens is 2. The summed E-state index contributed by atoms with van der Waals surface area (Å²) in [4.78, 5) is 49.3. The Labute approximate surface area is 106 Å². The summed E-state index contributed by atoms with van der Waals surface area (Å²) < 4.78 is 0. The van der Waals surface area contributed by atoms with Crippen LogP contribution in [0.15, 0.2) is 15.8 Å². The molecule has 2 unspecified atom stereocenters. The van der Waals surface area contributed by atoms with Crippen LogP contribution in [0.4, 0.5) is 5.69 Å². The molecule has 1 aromatic rings. The van der Waals surface area contributed by atoms with Gasteiger partial charge in [0.2, 0.25) is 5.91 Å². The first-order valence-electron chi connectivity index (χ1n) is 5.61. The minimum atomic E-state index is -1.04. The van der Waals surface area contributed by atoms with Gasteiger partial charge < -0.3 is 15.4 Å². The van der Waals surface area contributed by atoms with Crippen LogP contribution in [0.3, 0.4) is 0 Å². The molecular weight excluding hydrogens is 254 g/mol. The summed E-state index contributed by atoms with van der Waals surface area (Å²) >= 11 is 0. The van der Waals surface area contributed by atoms with Crippen molar-refractivity contribution in [3.8, 4) is 0 Å². The molecule has 1 saturated carbocycles. The number of carboxylic acids is 1. The lowest BCUT2D eigenvalue weighted by Gasteiger charge is -2.04. The zero-order chi connectivity index (χ0) is 14.4. The lowest BCUT2D eigenvalue weighted by molar-refractivity contribution is -0.140. The van der Waals surface area contributed by atoms with E-state index in [0.29, 0.717) is 0 Å². The minimum absolute atomic E-state index is 0.114. The standard InChI is InChI=1S/C11H13N3O5/c1-11(2)5(6(11)9(17)18)8(16)13-4-3-12-10(19)14-7(4)15/h3,5-6H,1-2H3,(H,13,16)(H,17,18)(H2,12,14,15,19). The first kappa shape index (κ1) is 13.1. The fourth-order valence-corrected chi connectivity index (χ4v) is 2.30. The highest BCUT2D eigenvalue weighted by molar-refractivity contribution is 5.99. The average Bonchev–Trinajstić information content (AvgIpc) is 2.86. The molecule has 8 nitrogen and oxygen atoms in total. The van der Waals surface area contributed by atoms with Crippen LogP contribution >= 0.6 is 0 Å². The van der Waals surface area contributed by atoms with Crippen molar-refractivity contribution in [1.82, 2.24) is 9.97 Å². The van der Waals surface area contributed by atoms with E-state index in [9.17, 15) is 19.2 Å². The third-order valence-corrected chi connectivity index (χ3v) is 3.45. The molecule has 0 radical (unpaired) electrons. The summed E-state index contributed by atoms with van der Waals surface area (Å²) in [5, 5.41) is 11.3. The van der Waals surface area contributed by atoms with Crippen LogP contribution in [0.5, 0.6) is 0 Å². The van der Waals surface area contributed by atoms with Crippen LogP contribution in [-0.4, -0.2) is 27.0 Å². The van der Waals surface area contributed by atoms with Crippen molar-refractivity contribution in [2.45, 2.75) is 13.8 Å². The van der Waals surface area contributed by atoms with Gasteiger partial charge in [-0.15, -0.1) is 0 Å². The first-order chi connectivity index (χ1) is 8.75. The van der Waals surface area contributed by atoms with Crippen molar-refractivity contribution in [3.05, 3.63) is 27.0 Å². The summed E-state index contributed by atoms with van der Waals surface area (Å²) in [6.07, 6.45) is 1.07. The molecule has 8 heteroatoms. The van der Waals surface area contributed by atoms with E-state index in [2.05, 4.69) is 10.3 Å². The number of aromatic amines is 2. The van der Waals surface area contributed by atoms with Gasteiger partial charge in [0.15, 0.2) is 0 Å². The van der Waals surface area contributed by atoms with Crippen molar-refractivity contribution in [2.24, 2.45) is 17.3 Å². The second kappa shape index (κ2) is 4.08. The van der Waals surface area contributed by atoms with Gasteiger partial charge in [-0.2, -0.15) is 0 Å². The van der Waals surface area contributed by atoms with Crippen molar-refractivity contribution >= 4 is 17.6 Å². The van der Waals surface area contributed by atoms with E-state index in [1.807, 2.05) is 4.98 Å². The number of H-pyrrole nitrogens is 2. The van der Waals surface area contributed by atoms with Gasteiger partial charge in [0, 0.05) is 6.20 Å². The molecule has 1 aromatic heterocycles. The predicted octanol–water partition coefficient (Wildman–Crippen LogP) is -0.641. The summed E-state index contributed by atoms with van der Waals surface area (Å²) in [5.41, 5.74) is -2.18. The predicted molar refractivity (Wildman–Crippen MR) is 64.7 cm³/mol. The molecule has 0 spiro atoms. The minimum Gasteiger partial charge on any atom is -0.481 e. The highest BCUT2D eigenvalue weighted by Crippen LogP contribution is 2.58. The number of rotatable bonds is 3. The number of carbonyl (C=O) groups is 2. The monoisotopic (exact) mass is 267 g/mol. The van der Waals surface area contributed by atoms with Crippen molar-refractivity contribution < 1.29 is 14.7 Å². The van der Waals surface area contributed by atoms with Gasteiger partial charge in [0.05, 0.1) is 11.8 Å². The average molecular weight is 267 g/mol. The van der Waals surface area contributed by atoms with E-state index in [0.717, 1.165) is 6.20 Å². The fraction of sp³-hybridized carbons (Fsp3) is 0.455. The lowest BCUT2D eigenvalue weighted by Crippen LogP contribution is -2.28. The number of hydrogen-bond acceptors (Lipinski definition) is 4. The van der Waals surface area contributed by atoms with E-state index in [4.69, 9.17) is 5.11 Å². The lowest BCUT2D eigenvalue weighted by atomic mass is 10.1. The number of carboxylic acid groups (broad SMARTS) is 1. The van der Waals surface area contributed by atoms with E-state index in [1.54, 1.807) is 13.8 Å². The smallest absolute Gasteiger partial charge is 0.325 e. The third kappa shape index (κ3) is 2.16. The molecule has 0 bridgehead atoms. The Morgan fingerprint density at radius 2 is 1.95 bits per heavy atom. The quantitative estimate of drug-likeness (QED) is 0.578. The van der Waals surface area contributed by atoms with Crippen LogP contribution in [0, 0.1) is 17.3 Å². The molecule has 1 amide bonds. The zero-order valence-electron chi connectivity index (χ0n) is 10.3. The number of nitrogens with one attached hydrogen (secondary N) is 3. The van der Waals surface area contributed by atoms with Crippen molar-refractivity contribution in [2.75, 3.05) is 5.32 Å². The molecule has 19 heavy (non-hydrogen) atoms. The van der Waals surface area contributed by atoms with Gasteiger partial charge in [0.1, 0.15) is 5.69 Å². The molecule has 1 aliphatic carbocycles. The van der Waals surface area contributed by atoms with Crippen molar-refractivity contribution in [1.29, 1.82) is 0 Å². The van der Waals surface area contributed by atoms with Crippen LogP contribution < -0.4 is 16.6 Å². The van der Waals surface area contributed by atoms with Crippen LogP contribution in [-0.2, 0) is 9.59 Å². The van der Waals surface area contributed by atoms with Gasteiger partial charge in [0.25, 0.3) is 5.56 Å². The van der Waals surface area contributed by atoms with E-state index >= 15 is 0 Å². The van der Waals surface area contributed by atoms with E-state index in [-0.39, 0.29) is 5.69 Å². The Morgan fingerprint density at radius 3 is 2.42 bits per heavy atom. The van der Waals surface area contributed by atoms with Gasteiger partial charge in [-0.1, -0.05) is 13.8 Å². The molecule has 2 rings (SSSR count). The number of anilines is 1. The molecule has 1 fully saturated rings. The Hall–Kier alpha value is -2.38. The van der Waals surface area contributed by atoms with Crippen LogP contribution in [0.2, 0.25) is 0 Å². The van der Waals surface area contributed by atoms with Crippen molar-refractivity contribution in [3.63, 3.8) is 0 Å². The molecule has 0 saturated heterocycles.